The van der Waals surface area contributed by atoms with E-state index in [1.807, 2.05) is 6.07 Å². The Kier molecular flexibility index (Phi) is 5.19. The normalized spacial score (nSPS) is 15.7. The van der Waals surface area contributed by atoms with Crippen LogP contribution in [0.15, 0.2) is 35.1 Å². The van der Waals surface area contributed by atoms with E-state index >= 15 is 0 Å². The van der Waals surface area contributed by atoms with Gasteiger partial charge < -0.3 is 0 Å². The first-order valence-electron chi connectivity index (χ1n) is 9.58. The van der Waals surface area contributed by atoms with Crippen molar-refractivity contribution in [3.63, 3.8) is 0 Å². The molecule has 1 aliphatic carbocycles. The maximum absolute atomic E-state index is 12.4. The van der Waals surface area contributed by atoms with E-state index < -0.39 is 5.91 Å². The molecule has 4 rings (SSSR count). The highest BCUT2D eigenvalue weighted by molar-refractivity contribution is 7.14. The van der Waals surface area contributed by atoms with Crippen LogP contribution in [-0.4, -0.2) is 21.6 Å². The minimum absolute atomic E-state index is 0.0482. The molecule has 0 fully saturated rings. The number of amides is 2. The van der Waals surface area contributed by atoms with Crippen LogP contribution in [0.2, 0.25) is 0 Å². The number of nitrogens with one attached hydrogen (secondary N) is 2. The molecule has 8 heteroatoms. The fourth-order valence-electron chi connectivity index (χ4n) is 3.71. The van der Waals surface area contributed by atoms with Crippen LogP contribution >= 0.6 is 11.3 Å². The maximum Gasteiger partial charge on any atom is 0.279 e. The van der Waals surface area contributed by atoms with Crippen LogP contribution < -0.4 is 16.4 Å². The number of benzene rings is 1. The van der Waals surface area contributed by atoms with E-state index in [1.54, 1.807) is 31.3 Å². The van der Waals surface area contributed by atoms with Crippen molar-refractivity contribution in [2.24, 2.45) is 13.0 Å². The fourth-order valence-corrected chi connectivity index (χ4v) is 4.81. The Morgan fingerprint density at radius 1 is 1.24 bits per heavy atom. The van der Waals surface area contributed by atoms with Crippen LogP contribution in [0.5, 0.6) is 0 Å². The summed E-state index contributed by atoms with van der Waals surface area (Å²) >= 11 is 1.49. The first-order valence-corrected chi connectivity index (χ1v) is 10.4. The van der Waals surface area contributed by atoms with Gasteiger partial charge in [0.25, 0.3) is 11.5 Å². The molecule has 7 nitrogen and oxygen atoms in total. The van der Waals surface area contributed by atoms with Gasteiger partial charge in [0.2, 0.25) is 5.91 Å². The Hall–Kier alpha value is -3.00. The topological polar surface area (TPSA) is 93.1 Å². The molecule has 0 saturated heterocycles. The van der Waals surface area contributed by atoms with Gasteiger partial charge in [0.1, 0.15) is 0 Å². The van der Waals surface area contributed by atoms with E-state index in [2.05, 4.69) is 22.9 Å². The molecule has 29 heavy (non-hydrogen) atoms. The van der Waals surface area contributed by atoms with Gasteiger partial charge in [-0.25, -0.2) is 4.68 Å². The van der Waals surface area contributed by atoms with E-state index in [1.165, 1.54) is 26.5 Å². The lowest BCUT2D eigenvalue weighted by Gasteiger charge is -2.16. The molecule has 150 valence electrons. The molecule has 2 amide bonds. The second-order valence-corrected chi connectivity index (χ2v) is 8.64. The molecule has 1 aliphatic rings. The zero-order valence-electron chi connectivity index (χ0n) is 16.3. The third-order valence-electron chi connectivity index (χ3n) is 5.23. The quantitative estimate of drug-likeness (QED) is 0.647. The van der Waals surface area contributed by atoms with E-state index in [0.717, 1.165) is 19.3 Å². The van der Waals surface area contributed by atoms with Crippen molar-refractivity contribution < 1.29 is 9.59 Å². The molecule has 0 radical (unpaired) electrons. The molecule has 1 aromatic carbocycles. The molecule has 2 heterocycles. The molecular formula is C21H22N4O3S. The third-order valence-corrected chi connectivity index (χ3v) is 6.47. The lowest BCUT2D eigenvalue weighted by Crippen LogP contribution is -2.42. The van der Waals surface area contributed by atoms with Gasteiger partial charge in [0, 0.05) is 17.3 Å². The van der Waals surface area contributed by atoms with Crippen molar-refractivity contribution in [1.29, 1.82) is 0 Å². The molecule has 2 aromatic heterocycles. The molecular weight excluding hydrogens is 388 g/mol. The Morgan fingerprint density at radius 2 is 2.00 bits per heavy atom. The number of fused-ring (bicyclic) bond motifs is 2. The third kappa shape index (κ3) is 3.93. The van der Waals surface area contributed by atoms with E-state index in [0.29, 0.717) is 27.3 Å². The summed E-state index contributed by atoms with van der Waals surface area (Å²) in [7, 11) is 1.55. The summed E-state index contributed by atoms with van der Waals surface area (Å²) in [6.07, 6.45) is 3.10. The molecule has 0 spiro atoms. The highest BCUT2D eigenvalue weighted by atomic mass is 32.1. The summed E-state index contributed by atoms with van der Waals surface area (Å²) in [6, 6.07) is 8.98. The summed E-state index contributed by atoms with van der Waals surface area (Å²) in [5.74, 6) is -0.0786. The number of thiophene rings is 1. The smallest absolute Gasteiger partial charge is 0.273 e. The van der Waals surface area contributed by atoms with Crippen LogP contribution in [0.3, 0.4) is 0 Å². The molecule has 0 bridgehead atoms. The van der Waals surface area contributed by atoms with Crippen molar-refractivity contribution in [1.82, 2.24) is 20.6 Å². The zero-order chi connectivity index (χ0) is 20.5. The predicted octanol–water partition coefficient (Wildman–Crippen LogP) is 2.12. The SMILES string of the molecule is C[C@H]1CCc2sc(C(=O)NNC(=O)Cc3nn(C)c(=O)c4ccccc34)cc2C1. The van der Waals surface area contributed by atoms with Gasteiger partial charge >= 0.3 is 0 Å². The van der Waals surface area contributed by atoms with Crippen molar-refractivity contribution >= 4 is 33.9 Å². The maximum atomic E-state index is 12.4. The molecule has 2 N–H and O–H groups in total. The lowest BCUT2D eigenvalue weighted by molar-refractivity contribution is -0.121. The zero-order valence-corrected chi connectivity index (χ0v) is 17.1. The molecule has 1 atom stereocenters. The number of hydrogen-bond donors (Lipinski definition) is 2. The monoisotopic (exact) mass is 410 g/mol. The second-order valence-electron chi connectivity index (χ2n) is 7.51. The molecule has 0 aliphatic heterocycles. The Balaban J connectivity index is 1.43. The lowest BCUT2D eigenvalue weighted by atomic mass is 9.90. The van der Waals surface area contributed by atoms with Gasteiger partial charge in [-0.05, 0) is 42.9 Å². The van der Waals surface area contributed by atoms with Gasteiger partial charge in [-0.3, -0.25) is 25.2 Å². The first kappa shape index (κ1) is 19.3. The number of hydrogen-bond acceptors (Lipinski definition) is 5. The molecule has 0 saturated carbocycles. The fraction of sp³-hybridized carbons (Fsp3) is 0.333. The van der Waals surface area contributed by atoms with Gasteiger partial charge in [0.05, 0.1) is 22.4 Å². The van der Waals surface area contributed by atoms with Crippen LogP contribution in [0.25, 0.3) is 10.8 Å². The Labute approximate surface area is 171 Å². The summed E-state index contributed by atoms with van der Waals surface area (Å²) in [6.45, 7) is 2.22. The average Bonchev–Trinajstić information content (AvgIpc) is 3.13. The molecule has 0 unspecified atom stereocenters. The number of rotatable bonds is 3. The van der Waals surface area contributed by atoms with Gasteiger partial charge in [-0.15, -0.1) is 11.3 Å². The van der Waals surface area contributed by atoms with E-state index in [9.17, 15) is 14.4 Å². The van der Waals surface area contributed by atoms with E-state index in [-0.39, 0.29) is 17.9 Å². The average molecular weight is 410 g/mol. The minimum atomic E-state index is -0.399. The van der Waals surface area contributed by atoms with Gasteiger partial charge in [0.15, 0.2) is 0 Å². The number of nitrogens with zero attached hydrogens (tertiary/aromatic N) is 2. The Bertz CT molecular complexity index is 1160. The van der Waals surface area contributed by atoms with Crippen molar-refractivity contribution in [3.05, 3.63) is 61.7 Å². The van der Waals surface area contributed by atoms with Crippen LogP contribution in [0.4, 0.5) is 0 Å². The van der Waals surface area contributed by atoms with Crippen molar-refractivity contribution in [3.8, 4) is 0 Å². The summed E-state index contributed by atoms with van der Waals surface area (Å²) in [5.41, 5.74) is 6.46. The number of carbonyl (C=O) groups excluding carboxylic acids is 2. The van der Waals surface area contributed by atoms with Crippen LogP contribution in [0, 0.1) is 5.92 Å². The standard InChI is InChI=1S/C21H22N4O3S/c1-12-7-8-17-13(9-12)10-18(29-17)20(27)23-22-19(26)11-16-14-5-3-4-6-15(14)21(28)25(2)24-16/h3-6,10,12H,7-9,11H2,1-2H3,(H,22,26)(H,23,27)/t12-/m0/s1. The van der Waals surface area contributed by atoms with Gasteiger partial charge in [-0.2, -0.15) is 5.10 Å². The predicted molar refractivity (Wildman–Crippen MR) is 112 cm³/mol. The van der Waals surface area contributed by atoms with Crippen molar-refractivity contribution in [2.45, 2.75) is 32.6 Å². The number of carbonyl (C=O) groups is 2. The highest BCUT2D eigenvalue weighted by Crippen LogP contribution is 2.32. The summed E-state index contributed by atoms with van der Waals surface area (Å²) in [5, 5.41) is 5.36. The number of aryl methyl sites for hydroxylation is 2. The number of hydrazine groups is 1. The minimum Gasteiger partial charge on any atom is -0.273 e. The number of aromatic nitrogens is 2. The van der Waals surface area contributed by atoms with Crippen molar-refractivity contribution in [2.75, 3.05) is 0 Å². The summed E-state index contributed by atoms with van der Waals surface area (Å²) < 4.78 is 1.22. The second kappa shape index (κ2) is 7.79. The van der Waals surface area contributed by atoms with E-state index in [4.69, 9.17) is 0 Å². The van der Waals surface area contributed by atoms with Gasteiger partial charge in [-0.1, -0.05) is 25.1 Å². The summed E-state index contributed by atoms with van der Waals surface area (Å²) in [4.78, 5) is 38.9. The first-order chi connectivity index (χ1) is 13.9. The highest BCUT2D eigenvalue weighted by Gasteiger charge is 2.21. The Morgan fingerprint density at radius 3 is 2.79 bits per heavy atom. The van der Waals surface area contributed by atoms with Crippen LogP contribution in [-0.2, 0) is 31.1 Å². The van der Waals surface area contributed by atoms with Crippen LogP contribution in [0.1, 0.15) is 39.2 Å². The largest absolute Gasteiger partial charge is 0.279 e. The molecule has 3 aromatic rings.